The van der Waals surface area contributed by atoms with Crippen molar-refractivity contribution in [2.45, 2.75) is 120 Å². The molecule has 4 aromatic carbocycles. The number of carbonyl (C=O) groups is 9. The van der Waals surface area contributed by atoms with E-state index in [9.17, 15) is 58.4 Å². The second kappa shape index (κ2) is 31.5. The quantitative estimate of drug-likeness (QED) is 0.0149. The van der Waals surface area contributed by atoms with Gasteiger partial charge < -0.3 is 69.6 Å². The number of aromatic nitrogens is 1. The molecule has 25 heteroatoms. The number of aliphatic carboxylic acids is 1. The first-order valence-electron chi connectivity index (χ1n) is 26.3. The van der Waals surface area contributed by atoms with Crippen LogP contribution in [-0.2, 0) is 68.8 Å². The van der Waals surface area contributed by atoms with Gasteiger partial charge in [0.1, 0.15) is 36.3 Å². The van der Waals surface area contributed by atoms with Gasteiger partial charge in [-0.2, -0.15) is 0 Å². The number of non-ortho nitro benzene ring substituents is 1. The summed E-state index contributed by atoms with van der Waals surface area (Å²) in [6.07, 6.45) is -0.825. The normalized spacial score (nSPS) is 14.0. The van der Waals surface area contributed by atoms with E-state index in [1.165, 1.54) is 31.3 Å². The smallest absolute Gasteiger partial charge is 0.303 e. The number of nitro groups is 1. The SMILES string of the molecule is C[C@@H](O)[C@H](NC(=O)[C@H](CCCCN)NC(=O)[C@@H](Cc1c[nH]c2ccc([N+](=O)[O-])cc12)NC(=O)[C@H](Cc1ccccc1)NC(=O)[C@H](Cc1ccccc1)NC(=O)[C@@H](N)CC(N)=O)C(=O)N[C@@H](Cc1ccccc1)C(=O)NCCCC(=O)O. The van der Waals surface area contributed by atoms with E-state index in [0.717, 1.165) is 0 Å². The number of aliphatic hydroxyl groups is 1. The van der Waals surface area contributed by atoms with E-state index in [4.69, 9.17) is 22.3 Å². The fourth-order valence-corrected chi connectivity index (χ4v) is 8.72. The number of aliphatic hydroxyl groups excluding tert-OH is 1. The lowest BCUT2D eigenvalue weighted by Gasteiger charge is -2.28. The number of rotatable bonds is 33. The number of amides is 8. The van der Waals surface area contributed by atoms with Crippen LogP contribution in [0, 0.1) is 10.1 Å². The fraction of sp³-hybridized carbons (Fsp3) is 0.375. The number of aromatic amines is 1. The summed E-state index contributed by atoms with van der Waals surface area (Å²) in [6.45, 7) is 1.39. The van der Waals surface area contributed by atoms with E-state index in [-0.39, 0.29) is 70.1 Å². The lowest BCUT2D eigenvalue weighted by Crippen LogP contribution is -2.62. The molecule has 0 saturated carbocycles. The van der Waals surface area contributed by atoms with Crippen LogP contribution in [0.5, 0.6) is 0 Å². The zero-order chi connectivity index (χ0) is 59.0. The van der Waals surface area contributed by atoms with Gasteiger partial charge in [0.25, 0.3) is 5.69 Å². The Balaban J connectivity index is 1.47. The number of nitro benzene ring substituents is 1. The molecule has 0 saturated heterocycles. The number of fused-ring (bicyclic) bond motifs is 1. The highest BCUT2D eigenvalue weighted by atomic mass is 16.6. The third-order valence-electron chi connectivity index (χ3n) is 13.0. The Hall–Kier alpha value is -9.07. The van der Waals surface area contributed by atoms with E-state index < -0.39 is 113 Å². The minimum absolute atomic E-state index is 0.0255. The maximum absolute atomic E-state index is 14.9. The standard InChI is InChI=1S/C56H70N12O13/c1-33(69)49(56(79)66-43(26-34-14-5-2-6-15-34)51(74)60-25-13-21-48(71)72)67-52(75)42(20-11-12-24-57)62-55(78)46(29-37-32-61-41-23-22-38(68(80)81)30-39(37)41)65-54(77)45(28-36-18-9-4-10-19-36)64-53(76)44(27-35-16-7-3-8-17-35)63-50(73)40(58)31-47(59)70/h2-10,14-19,22-23,30,32-33,40,42-46,49,61,69H,11-13,20-21,24-29,31,57-58H2,1H3,(H2,59,70)(H,60,74)(H,62,78)(H,63,73)(H,64,76)(H,65,77)(H,66,79)(H,67,75)(H,71,72)/t33-,40+,42+,43+,44+,45+,46-,49+/m1/s1. The Morgan fingerprint density at radius 3 is 1.56 bits per heavy atom. The van der Waals surface area contributed by atoms with Crippen LogP contribution in [0.3, 0.4) is 0 Å². The van der Waals surface area contributed by atoms with Crippen LogP contribution in [0.15, 0.2) is 115 Å². The second-order valence-corrected chi connectivity index (χ2v) is 19.5. The van der Waals surface area contributed by atoms with Crippen molar-refractivity contribution in [3.8, 4) is 0 Å². The summed E-state index contributed by atoms with van der Waals surface area (Å²) in [5.41, 5.74) is 19.4. The number of nitrogens with two attached hydrogens (primary N) is 3. The van der Waals surface area contributed by atoms with E-state index in [0.29, 0.717) is 39.6 Å². The highest BCUT2D eigenvalue weighted by Gasteiger charge is 2.36. The highest BCUT2D eigenvalue weighted by molar-refractivity contribution is 5.98. The van der Waals surface area contributed by atoms with E-state index in [1.54, 1.807) is 91.0 Å². The number of carbonyl (C=O) groups excluding carboxylic acids is 8. The Kier molecular flexibility index (Phi) is 24.4. The maximum atomic E-state index is 14.9. The van der Waals surface area contributed by atoms with Crippen LogP contribution in [-0.4, -0.2) is 135 Å². The Labute approximate surface area is 466 Å². The molecule has 8 atom stereocenters. The van der Waals surface area contributed by atoms with Gasteiger partial charge in [0.15, 0.2) is 0 Å². The first-order chi connectivity index (χ1) is 38.7. The number of nitrogens with one attached hydrogen (secondary N) is 8. The number of H-pyrrole nitrogens is 1. The summed E-state index contributed by atoms with van der Waals surface area (Å²) in [5.74, 6) is -8.13. The maximum Gasteiger partial charge on any atom is 0.303 e. The number of unbranched alkanes of at least 4 members (excludes halogenated alkanes) is 1. The molecule has 432 valence electrons. The summed E-state index contributed by atoms with van der Waals surface area (Å²) in [7, 11) is 0. The molecular weight excluding hydrogens is 1050 g/mol. The first kappa shape index (κ1) is 62.8. The lowest BCUT2D eigenvalue weighted by atomic mass is 10.00. The van der Waals surface area contributed by atoms with Crippen LogP contribution in [0.4, 0.5) is 5.69 Å². The zero-order valence-corrected chi connectivity index (χ0v) is 44.6. The number of nitrogens with zero attached hydrogens (tertiary/aromatic N) is 1. The van der Waals surface area contributed by atoms with Gasteiger partial charge in [0.2, 0.25) is 47.3 Å². The van der Waals surface area contributed by atoms with Crippen LogP contribution in [0.25, 0.3) is 10.9 Å². The molecule has 5 rings (SSSR count). The summed E-state index contributed by atoms with van der Waals surface area (Å²) < 4.78 is 0. The summed E-state index contributed by atoms with van der Waals surface area (Å²) in [4.78, 5) is 136. The van der Waals surface area contributed by atoms with E-state index >= 15 is 0 Å². The summed E-state index contributed by atoms with van der Waals surface area (Å²) in [5, 5.41) is 50.7. The van der Waals surface area contributed by atoms with Gasteiger partial charge in [-0.3, -0.25) is 53.3 Å². The van der Waals surface area contributed by atoms with Gasteiger partial charge >= 0.3 is 5.97 Å². The van der Waals surface area contributed by atoms with Crippen molar-refractivity contribution in [2.75, 3.05) is 13.1 Å². The van der Waals surface area contributed by atoms with Gasteiger partial charge in [-0.25, -0.2) is 0 Å². The average molecular weight is 1120 g/mol. The average Bonchev–Trinajstić information content (AvgIpc) is 3.92. The van der Waals surface area contributed by atoms with Crippen molar-refractivity contribution in [3.05, 3.63) is 148 Å². The first-order valence-corrected chi connectivity index (χ1v) is 26.3. The van der Waals surface area contributed by atoms with Crippen molar-refractivity contribution in [1.82, 2.24) is 42.2 Å². The summed E-state index contributed by atoms with van der Waals surface area (Å²) in [6, 6.07) is 19.5. The lowest BCUT2D eigenvalue weighted by molar-refractivity contribution is -0.384. The number of benzene rings is 4. The van der Waals surface area contributed by atoms with Crippen LogP contribution in [0.1, 0.15) is 67.7 Å². The molecule has 81 heavy (non-hydrogen) atoms. The molecule has 0 unspecified atom stereocenters. The van der Waals surface area contributed by atoms with Gasteiger partial charge in [0.05, 0.1) is 23.5 Å². The van der Waals surface area contributed by atoms with E-state index in [2.05, 4.69) is 42.2 Å². The van der Waals surface area contributed by atoms with Crippen molar-refractivity contribution in [3.63, 3.8) is 0 Å². The molecule has 0 fully saturated rings. The number of primary amides is 1. The molecule has 0 aliphatic rings. The van der Waals surface area contributed by atoms with Gasteiger partial charge in [-0.05, 0) is 67.5 Å². The second-order valence-electron chi connectivity index (χ2n) is 19.5. The topological polar surface area (TPSA) is 415 Å². The van der Waals surface area contributed by atoms with Crippen molar-refractivity contribution in [1.29, 1.82) is 0 Å². The number of carboxylic acid groups (broad SMARTS) is 1. The fourth-order valence-electron chi connectivity index (χ4n) is 8.72. The number of carboxylic acids is 1. The predicted molar refractivity (Wildman–Crippen MR) is 297 cm³/mol. The third-order valence-corrected chi connectivity index (χ3v) is 13.0. The predicted octanol–water partition coefficient (Wildman–Crippen LogP) is -0.0510. The molecular formula is C56H70N12O13. The summed E-state index contributed by atoms with van der Waals surface area (Å²) >= 11 is 0. The van der Waals surface area contributed by atoms with Crippen LogP contribution < -0.4 is 54.4 Å². The number of hydrogen-bond donors (Lipinski definition) is 13. The highest BCUT2D eigenvalue weighted by Crippen LogP contribution is 2.25. The molecule has 16 N–H and O–H groups in total. The van der Waals surface area contributed by atoms with E-state index in [1.807, 2.05) is 0 Å². The Morgan fingerprint density at radius 1 is 0.605 bits per heavy atom. The Morgan fingerprint density at radius 2 is 1.07 bits per heavy atom. The molecule has 1 aromatic heterocycles. The van der Waals surface area contributed by atoms with Crippen LogP contribution >= 0.6 is 0 Å². The molecule has 0 aliphatic carbocycles. The largest absolute Gasteiger partial charge is 0.481 e. The van der Waals surface area contributed by atoms with Crippen molar-refractivity contribution < 1.29 is 58.3 Å². The van der Waals surface area contributed by atoms with Gasteiger partial charge in [-0.15, -0.1) is 0 Å². The molecule has 0 bridgehead atoms. The third kappa shape index (κ3) is 20.3. The molecule has 0 spiro atoms. The molecule has 25 nitrogen and oxygen atoms in total. The van der Waals surface area contributed by atoms with Gasteiger partial charge in [0, 0.05) is 67.9 Å². The zero-order valence-electron chi connectivity index (χ0n) is 44.6. The molecule has 1 heterocycles. The molecule has 0 radical (unpaired) electrons. The molecule has 5 aromatic rings. The molecule has 0 aliphatic heterocycles. The molecule has 8 amide bonds. The minimum Gasteiger partial charge on any atom is -0.481 e. The monoisotopic (exact) mass is 1120 g/mol. The van der Waals surface area contributed by atoms with Gasteiger partial charge in [-0.1, -0.05) is 91.0 Å². The van der Waals surface area contributed by atoms with Crippen molar-refractivity contribution >= 4 is 69.8 Å². The number of hydrogen-bond acceptors (Lipinski definition) is 14. The van der Waals surface area contributed by atoms with Crippen LogP contribution in [0.2, 0.25) is 0 Å². The van der Waals surface area contributed by atoms with Crippen molar-refractivity contribution in [2.24, 2.45) is 17.2 Å². The minimum atomic E-state index is -1.71. The Bertz CT molecular complexity index is 2960.